The Balaban J connectivity index is 1.50. The van der Waals surface area contributed by atoms with Crippen molar-refractivity contribution in [2.75, 3.05) is 75.3 Å². The minimum absolute atomic E-state index is 0.101. The van der Waals surface area contributed by atoms with Crippen LogP contribution in [0.25, 0.3) is 0 Å². The zero-order chi connectivity index (χ0) is 60.6. The van der Waals surface area contributed by atoms with Gasteiger partial charge in [-0.05, 0) is 128 Å². The molecule has 82 heavy (non-hydrogen) atoms. The fourth-order valence-electron chi connectivity index (χ4n) is 9.19. The molecule has 5 rings (SSSR count). The van der Waals surface area contributed by atoms with Crippen LogP contribution in [0.5, 0.6) is 17.2 Å². The van der Waals surface area contributed by atoms with Gasteiger partial charge in [-0.15, -0.1) is 0 Å². The maximum Gasteiger partial charge on any atom is 0.330 e. The van der Waals surface area contributed by atoms with Crippen LogP contribution in [-0.2, 0) is 63.8 Å². The summed E-state index contributed by atoms with van der Waals surface area (Å²) >= 11 is 0. The number of nitrogens with zero attached hydrogens (tertiary/aromatic N) is 5. The summed E-state index contributed by atoms with van der Waals surface area (Å²) in [4.78, 5) is 133. The summed E-state index contributed by atoms with van der Waals surface area (Å²) in [5, 5.41) is 2.81. The Labute approximate surface area is 481 Å². The number of Topliss-reactive ketones (excluding diaryl/α,β-unsaturated/α-hetero) is 1. The number of esters is 2. The van der Waals surface area contributed by atoms with E-state index in [2.05, 4.69) is 5.32 Å². The molecule has 0 spiro atoms. The predicted molar refractivity (Wildman–Crippen MR) is 303 cm³/mol. The molecule has 21 heteroatoms. The number of cyclic esters (lactones) is 2. The number of carbonyl (C=O) groups is 9. The van der Waals surface area contributed by atoms with E-state index in [1.165, 1.54) is 93.8 Å². The van der Waals surface area contributed by atoms with Crippen LogP contribution in [0.1, 0.15) is 109 Å². The minimum Gasteiger partial charge on any atom is -0.493 e. The van der Waals surface area contributed by atoms with Crippen molar-refractivity contribution in [3.8, 4) is 17.2 Å². The largest absolute Gasteiger partial charge is 0.493 e. The lowest BCUT2D eigenvalue weighted by Crippen LogP contribution is -2.58. The van der Waals surface area contributed by atoms with Crippen molar-refractivity contribution in [2.45, 2.75) is 129 Å². The van der Waals surface area contributed by atoms with Gasteiger partial charge in [0.1, 0.15) is 48.7 Å². The SMILES string of the molecule is COc1ccc(CC[C@H]2OC(=O)[C@@H]3CCCCN3C(=O)C(=O)C(C)(C)COC(=O)C=CCCN(C)C(=O)[C@H](C)N(C)C(=O)[C@H](COC(C)(C)C)N(C)C(=O)C(c3ccccc3)NC(=O)[C@H](C)N(C)C(=O)COc3cccc2c3)cc1OC. The van der Waals surface area contributed by atoms with E-state index in [-0.39, 0.29) is 44.7 Å². The van der Waals surface area contributed by atoms with Gasteiger partial charge in [-0.2, -0.15) is 0 Å². The third-order valence-corrected chi connectivity index (χ3v) is 14.8. The van der Waals surface area contributed by atoms with Gasteiger partial charge in [-0.25, -0.2) is 9.59 Å². The number of carbonyl (C=O) groups excluding carboxylic acids is 9. The Hall–Kier alpha value is -7.81. The van der Waals surface area contributed by atoms with Gasteiger partial charge in [0.15, 0.2) is 18.1 Å². The van der Waals surface area contributed by atoms with Crippen molar-refractivity contribution >= 4 is 53.2 Å². The van der Waals surface area contributed by atoms with E-state index >= 15 is 0 Å². The summed E-state index contributed by atoms with van der Waals surface area (Å²) in [6.07, 6.45) is 3.84. The van der Waals surface area contributed by atoms with Crippen molar-refractivity contribution in [2.24, 2.45) is 5.41 Å². The van der Waals surface area contributed by atoms with Crippen LogP contribution in [0, 0.1) is 5.41 Å². The number of piperidine rings is 1. The fraction of sp³-hybridized carbons (Fsp3) is 0.525. The van der Waals surface area contributed by atoms with Crippen molar-refractivity contribution in [1.29, 1.82) is 0 Å². The molecule has 0 aromatic heterocycles. The van der Waals surface area contributed by atoms with Crippen LogP contribution in [0.15, 0.2) is 84.9 Å². The zero-order valence-electron chi connectivity index (χ0n) is 49.7. The summed E-state index contributed by atoms with van der Waals surface area (Å²) in [6, 6.07) is 14.6. The van der Waals surface area contributed by atoms with Crippen molar-refractivity contribution in [3.05, 3.63) is 102 Å². The van der Waals surface area contributed by atoms with Gasteiger partial charge in [0.05, 0.1) is 31.8 Å². The van der Waals surface area contributed by atoms with Crippen molar-refractivity contribution < 1.29 is 71.6 Å². The summed E-state index contributed by atoms with van der Waals surface area (Å²) in [5.74, 6) is -5.12. The number of methoxy groups -OCH3 is 2. The summed E-state index contributed by atoms with van der Waals surface area (Å²) in [6.45, 7) is 10.3. The van der Waals surface area contributed by atoms with E-state index in [4.69, 9.17) is 28.4 Å². The molecule has 6 atom stereocenters. The topological polar surface area (TPSA) is 237 Å². The maximum absolute atomic E-state index is 14.8. The van der Waals surface area contributed by atoms with Crippen LogP contribution >= 0.6 is 0 Å². The van der Waals surface area contributed by atoms with Crippen LogP contribution < -0.4 is 19.5 Å². The predicted octanol–water partition coefficient (Wildman–Crippen LogP) is 5.43. The van der Waals surface area contributed by atoms with E-state index in [9.17, 15) is 43.2 Å². The average molecular weight is 1140 g/mol. The van der Waals surface area contributed by atoms with Crippen molar-refractivity contribution in [3.63, 3.8) is 0 Å². The number of hydrogen-bond donors (Lipinski definition) is 1. The Morgan fingerprint density at radius 2 is 1.40 bits per heavy atom. The molecular formula is C61H82N6O15. The highest BCUT2D eigenvalue weighted by Gasteiger charge is 2.43. The van der Waals surface area contributed by atoms with Crippen LogP contribution in [0.2, 0.25) is 0 Å². The van der Waals surface area contributed by atoms with E-state index in [0.717, 1.165) is 11.6 Å². The lowest BCUT2D eigenvalue weighted by atomic mass is 9.87. The number of hydrogen-bond acceptors (Lipinski definition) is 15. The first kappa shape index (κ1) is 65.0. The molecule has 3 aromatic carbocycles. The fourth-order valence-corrected chi connectivity index (χ4v) is 9.19. The van der Waals surface area contributed by atoms with Gasteiger partial charge in [0, 0.05) is 47.4 Å². The number of fused-ring (bicyclic) bond motifs is 3. The summed E-state index contributed by atoms with van der Waals surface area (Å²) in [5.41, 5.74) is -0.533. The molecule has 1 unspecified atom stereocenters. The molecular weight excluding hydrogens is 1060 g/mol. The van der Waals surface area contributed by atoms with E-state index in [1.54, 1.807) is 88.4 Å². The molecule has 1 N–H and O–H groups in total. The number of aryl methyl sites for hydroxylation is 1. The molecule has 21 nitrogen and oxygen atoms in total. The van der Waals surface area contributed by atoms with Crippen LogP contribution in [0.3, 0.4) is 0 Å². The van der Waals surface area contributed by atoms with Gasteiger partial charge in [0.25, 0.3) is 11.8 Å². The lowest BCUT2D eigenvalue weighted by Gasteiger charge is -2.37. The molecule has 2 aliphatic heterocycles. The first-order valence-electron chi connectivity index (χ1n) is 27.6. The Bertz CT molecular complexity index is 2800. The third-order valence-electron chi connectivity index (χ3n) is 14.8. The second-order valence-electron chi connectivity index (χ2n) is 22.3. The first-order valence-corrected chi connectivity index (χ1v) is 27.6. The Morgan fingerprint density at radius 1 is 0.720 bits per heavy atom. The lowest BCUT2D eigenvalue weighted by molar-refractivity contribution is -0.165. The van der Waals surface area contributed by atoms with Crippen LogP contribution in [-0.4, -0.2) is 183 Å². The number of likely N-dealkylation sites (N-methyl/N-ethyl adjacent to an activating group) is 4. The summed E-state index contributed by atoms with van der Waals surface area (Å²) in [7, 11) is 8.86. The Kier molecular flexibility index (Phi) is 23.2. The highest BCUT2D eigenvalue weighted by molar-refractivity contribution is 6.38. The molecule has 0 aliphatic carbocycles. The molecule has 6 amide bonds. The van der Waals surface area contributed by atoms with Gasteiger partial charge in [-0.1, -0.05) is 54.6 Å². The Morgan fingerprint density at radius 3 is 2.07 bits per heavy atom. The zero-order valence-corrected chi connectivity index (χ0v) is 49.7. The third kappa shape index (κ3) is 17.4. The molecule has 2 heterocycles. The number of amides is 6. The van der Waals surface area contributed by atoms with E-state index in [1.807, 2.05) is 12.1 Å². The van der Waals surface area contributed by atoms with Gasteiger partial charge in [-0.3, -0.25) is 33.6 Å². The van der Waals surface area contributed by atoms with E-state index in [0.29, 0.717) is 41.9 Å². The number of ketones is 1. The number of benzene rings is 3. The molecule has 0 radical (unpaired) electrons. The molecule has 0 saturated carbocycles. The van der Waals surface area contributed by atoms with Gasteiger partial charge in [0.2, 0.25) is 29.4 Å². The average Bonchev–Trinajstić information content (AvgIpc) is 3.58. The normalized spacial score (nSPS) is 23.3. The smallest absolute Gasteiger partial charge is 0.330 e. The van der Waals surface area contributed by atoms with Gasteiger partial charge < -0.3 is 58.2 Å². The van der Waals surface area contributed by atoms with E-state index < -0.39 is 114 Å². The molecule has 3 aromatic rings. The molecule has 1 saturated heterocycles. The van der Waals surface area contributed by atoms with Crippen molar-refractivity contribution in [1.82, 2.24) is 29.8 Å². The molecule has 2 bridgehead atoms. The standard InChI is InChI=1S/C61H82N6O15/c1-39-54(71)62-52(42-22-15-14-16-23-42)57(74)66(11)46(36-81-60(3,4)5)56(73)65(10)40(2)55(72)63(8)32-19-18-27-51(69)80-38-61(6,7)53(70)58(75)67-33-20-17-26-45(67)59(76)82-47(30-28-41-29-31-48(77-12)49(34-41)78-13)43-24-21-25-44(35-43)79-37-50(68)64(39)9/h14-16,18,21-25,27,29,31,34-35,39-40,45-47,52H,17,19-20,26,28,30,32-33,36-38H2,1-13H3,(H,62,71)/t39-,40-,45-,46-,47+,52?/m0/s1. The second kappa shape index (κ2) is 29.3. The highest BCUT2D eigenvalue weighted by atomic mass is 16.5. The first-order chi connectivity index (χ1) is 38.7. The maximum atomic E-state index is 14.8. The van der Waals surface area contributed by atoms with Gasteiger partial charge >= 0.3 is 11.9 Å². The summed E-state index contributed by atoms with van der Waals surface area (Å²) < 4.78 is 34.9. The number of ether oxygens (including phenoxy) is 6. The minimum atomic E-state index is -1.50. The quantitative estimate of drug-likeness (QED) is 0.219. The monoisotopic (exact) mass is 1140 g/mol. The van der Waals surface area contributed by atoms with Crippen LogP contribution in [0.4, 0.5) is 0 Å². The second-order valence-corrected chi connectivity index (χ2v) is 22.3. The molecule has 2 aliphatic rings. The number of nitrogens with one attached hydrogen (secondary N) is 1. The molecule has 1 fully saturated rings. The number of rotatable bonds is 8. The highest BCUT2D eigenvalue weighted by Crippen LogP contribution is 2.33. The molecule has 446 valence electrons.